The van der Waals surface area contributed by atoms with Crippen LogP contribution in [0.5, 0.6) is 0 Å². The third-order valence-electron chi connectivity index (χ3n) is 1.44. The van der Waals surface area contributed by atoms with Gasteiger partial charge in [-0.25, -0.2) is 9.59 Å². The summed E-state index contributed by atoms with van der Waals surface area (Å²) in [5.74, 6) is 2.03. The van der Waals surface area contributed by atoms with E-state index in [9.17, 15) is 9.59 Å². The molecule has 0 saturated carbocycles. The highest BCUT2D eigenvalue weighted by molar-refractivity contribution is 14.1. The van der Waals surface area contributed by atoms with Crippen LogP contribution in [-0.4, -0.2) is 30.3 Å². The van der Waals surface area contributed by atoms with Gasteiger partial charge in [0.1, 0.15) is 11.6 Å². The number of carbonyl (C=O) groups is 2. The molecule has 1 N–H and O–H groups in total. The van der Waals surface area contributed by atoms with Gasteiger partial charge >= 0.3 is 12.1 Å². The average molecular weight is 353 g/mol. The molecule has 1 atom stereocenters. The standard InChI is InChI=1S/C11H16INO4/c1-8(9(14)16-7-5-6-12)13-10(15)17-11(2,3)4/h8H,7H2,1-4H3,(H,13,15)/t8-/m0/s1. The van der Waals surface area contributed by atoms with Crippen molar-refractivity contribution in [1.82, 2.24) is 5.32 Å². The first-order valence-electron chi connectivity index (χ1n) is 5.01. The summed E-state index contributed by atoms with van der Waals surface area (Å²) in [6, 6.07) is -0.763. The fourth-order valence-corrected chi connectivity index (χ4v) is 0.958. The maximum absolute atomic E-state index is 11.4. The van der Waals surface area contributed by atoms with Gasteiger partial charge in [0.2, 0.25) is 0 Å². The summed E-state index contributed by atoms with van der Waals surface area (Å²) < 4.78 is 12.3. The first-order chi connectivity index (χ1) is 7.76. The lowest BCUT2D eigenvalue weighted by Gasteiger charge is -2.21. The van der Waals surface area contributed by atoms with Crippen LogP contribution >= 0.6 is 22.6 Å². The van der Waals surface area contributed by atoms with Gasteiger partial charge in [-0.1, -0.05) is 5.92 Å². The molecule has 0 spiro atoms. The normalized spacial score (nSPS) is 11.8. The van der Waals surface area contributed by atoms with Crippen LogP contribution < -0.4 is 5.32 Å². The van der Waals surface area contributed by atoms with Crippen LogP contribution in [0.1, 0.15) is 27.7 Å². The Morgan fingerprint density at radius 2 is 2.00 bits per heavy atom. The van der Waals surface area contributed by atoms with Crippen LogP contribution in [0.15, 0.2) is 0 Å². The highest BCUT2D eigenvalue weighted by atomic mass is 127. The third-order valence-corrected chi connectivity index (χ3v) is 1.82. The maximum Gasteiger partial charge on any atom is 0.408 e. The number of amides is 1. The Kier molecular flexibility index (Phi) is 6.95. The average Bonchev–Trinajstić information content (AvgIpc) is 2.14. The molecule has 0 heterocycles. The summed E-state index contributed by atoms with van der Waals surface area (Å²) in [5.41, 5.74) is -0.597. The first kappa shape index (κ1) is 16.0. The van der Waals surface area contributed by atoms with Crippen LogP contribution in [0.25, 0.3) is 0 Å². The highest BCUT2D eigenvalue weighted by Crippen LogP contribution is 2.06. The zero-order valence-corrected chi connectivity index (χ0v) is 12.5. The number of hydrogen-bond donors (Lipinski definition) is 1. The largest absolute Gasteiger partial charge is 0.451 e. The van der Waals surface area contributed by atoms with Gasteiger partial charge < -0.3 is 14.8 Å². The molecule has 17 heavy (non-hydrogen) atoms. The van der Waals surface area contributed by atoms with Crippen molar-refractivity contribution in [2.75, 3.05) is 6.61 Å². The number of alkyl carbamates (subject to hydrolysis) is 1. The monoisotopic (exact) mass is 353 g/mol. The minimum absolute atomic E-state index is 0.0160. The van der Waals surface area contributed by atoms with E-state index in [1.165, 1.54) is 6.92 Å². The van der Waals surface area contributed by atoms with Crippen LogP contribution in [-0.2, 0) is 14.3 Å². The summed E-state index contributed by atoms with van der Waals surface area (Å²) in [6.07, 6.45) is -0.651. The molecule has 0 radical (unpaired) electrons. The molecule has 1 amide bonds. The third kappa shape index (κ3) is 8.80. The summed E-state index contributed by atoms with van der Waals surface area (Å²) in [7, 11) is 0. The van der Waals surface area contributed by atoms with E-state index in [-0.39, 0.29) is 6.61 Å². The van der Waals surface area contributed by atoms with Crippen molar-refractivity contribution in [2.45, 2.75) is 39.3 Å². The molecular weight excluding hydrogens is 337 g/mol. The van der Waals surface area contributed by atoms with Gasteiger partial charge in [0.25, 0.3) is 0 Å². The van der Waals surface area contributed by atoms with E-state index in [2.05, 4.69) is 15.2 Å². The fraction of sp³-hybridized carbons (Fsp3) is 0.636. The minimum atomic E-state index is -0.763. The number of ether oxygens (including phenoxy) is 2. The topological polar surface area (TPSA) is 64.6 Å². The van der Waals surface area contributed by atoms with Crippen molar-refractivity contribution in [2.24, 2.45) is 0 Å². The Labute approximate surface area is 115 Å². The molecule has 0 aromatic heterocycles. The molecule has 96 valence electrons. The second kappa shape index (κ2) is 7.37. The van der Waals surface area contributed by atoms with Gasteiger partial charge in [-0.15, -0.1) is 0 Å². The molecule has 0 fully saturated rings. The predicted molar refractivity (Wildman–Crippen MR) is 71.6 cm³/mol. The van der Waals surface area contributed by atoms with E-state index in [0.29, 0.717) is 0 Å². The van der Waals surface area contributed by atoms with E-state index in [0.717, 1.165) is 0 Å². The van der Waals surface area contributed by atoms with Gasteiger partial charge in [-0.2, -0.15) is 0 Å². The van der Waals surface area contributed by atoms with Crippen molar-refractivity contribution in [3.63, 3.8) is 0 Å². The van der Waals surface area contributed by atoms with Crippen LogP contribution in [0.4, 0.5) is 4.79 Å². The summed E-state index contributed by atoms with van der Waals surface area (Å²) in [4.78, 5) is 22.7. The van der Waals surface area contributed by atoms with E-state index in [4.69, 9.17) is 9.47 Å². The first-order valence-corrected chi connectivity index (χ1v) is 6.09. The van der Waals surface area contributed by atoms with E-state index in [1.54, 1.807) is 20.8 Å². The molecule has 0 saturated heterocycles. The summed E-state index contributed by atoms with van der Waals surface area (Å²) in [6.45, 7) is 6.76. The van der Waals surface area contributed by atoms with E-state index >= 15 is 0 Å². The predicted octanol–water partition coefficient (Wildman–Crippen LogP) is 1.84. The second-order valence-electron chi connectivity index (χ2n) is 4.25. The Morgan fingerprint density at radius 1 is 1.41 bits per heavy atom. The van der Waals surface area contributed by atoms with Gasteiger partial charge in [0, 0.05) is 22.6 Å². The zero-order chi connectivity index (χ0) is 13.5. The molecule has 0 aromatic carbocycles. The number of hydrogen-bond acceptors (Lipinski definition) is 4. The molecule has 0 rings (SSSR count). The summed E-state index contributed by atoms with van der Waals surface area (Å²) >= 11 is 1.84. The fourth-order valence-electron chi connectivity index (χ4n) is 0.803. The van der Waals surface area contributed by atoms with Gasteiger partial charge in [-0.3, -0.25) is 0 Å². The smallest absolute Gasteiger partial charge is 0.408 e. The molecule has 0 bridgehead atoms. The number of halogens is 1. The highest BCUT2D eigenvalue weighted by Gasteiger charge is 2.21. The molecule has 5 nitrogen and oxygen atoms in total. The molecule has 0 aliphatic rings. The number of carbonyl (C=O) groups excluding carboxylic acids is 2. The lowest BCUT2D eigenvalue weighted by atomic mass is 10.2. The minimum Gasteiger partial charge on any atom is -0.451 e. The number of rotatable bonds is 3. The van der Waals surface area contributed by atoms with Gasteiger partial charge in [0.05, 0.1) is 0 Å². The number of esters is 1. The Morgan fingerprint density at radius 3 is 2.47 bits per heavy atom. The Balaban J connectivity index is 4.06. The second-order valence-corrected chi connectivity index (χ2v) is 4.79. The van der Waals surface area contributed by atoms with Crippen molar-refractivity contribution < 1.29 is 19.1 Å². The quantitative estimate of drug-likeness (QED) is 0.478. The van der Waals surface area contributed by atoms with Crippen molar-refractivity contribution in [1.29, 1.82) is 0 Å². The number of nitrogens with one attached hydrogen (secondary N) is 1. The van der Waals surface area contributed by atoms with Crippen molar-refractivity contribution in [3.05, 3.63) is 0 Å². The van der Waals surface area contributed by atoms with Crippen molar-refractivity contribution >= 4 is 34.7 Å². The van der Waals surface area contributed by atoms with E-state index < -0.39 is 23.7 Å². The molecule has 0 unspecified atom stereocenters. The zero-order valence-electron chi connectivity index (χ0n) is 10.3. The van der Waals surface area contributed by atoms with Crippen LogP contribution in [0, 0.1) is 9.85 Å². The van der Waals surface area contributed by atoms with Gasteiger partial charge in [-0.05, 0) is 31.6 Å². The molecular formula is C11H16INO4. The van der Waals surface area contributed by atoms with Crippen LogP contribution in [0.2, 0.25) is 0 Å². The lowest BCUT2D eigenvalue weighted by Crippen LogP contribution is -2.42. The van der Waals surface area contributed by atoms with E-state index in [1.807, 2.05) is 22.6 Å². The Hall–Kier alpha value is -0.970. The molecule has 0 aromatic rings. The lowest BCUT2D eigenvalue weighted by molar-refractivity contribution is -0.144. The van der Waals surface area contributed by atoms with Gasteiger partial charge in [0.15, 0.2) is 6.61 Å². The molecule has 0 aliphatic heterocycles. The molecule has 6 heteroatoms. The van der Waals surface area contributed by atoms with Crippen LogP contribution in [0.3, 0.4) is 0 Å². The van der Waals surface area contributed by atoms with Crippen molar-refractivity contribution in [3.8, 4) is 9.85 Å². The Bertz CT molecular complexity index is 338. The summed E-state index contributed by atoms with van der Waals surface area (Å²) in [5, 5.41) is 2.38. The SMILES string of the molecule is C[C@H](NC(=O)OC(C)(C)C)C(=O)OCC#CI. The molecule has 0 aliphatic carbocycles. The maximum atomic E-state index is 11.4.